The van der Waals surface area contributed by atoms with E-state index in [1.165, 1.54) is 0 Å². The third-order valence-corrected chi connectivity index (χ3v) is 2.10. The predicted molar refractivity (Wildman–Crippen MR) is 58.8 cm³/mol. The summed E-state index contributed by atoms with van der Waals surface area (Å²) in [5, 5.41) is 8.88. The summed E-state index contributed by atoms with van der Waals surface area (Å²) in [5.74, 6) is 1.29. The number of methoxy groups -OCH3 is 2. The highest BCUT2D eigenvalue weighted by Gasteiger charge is 2.06. The molecule has 78 valence electrons. The Balaban J connectivity index is 3.20. The van der Waals surface area contributed by atoms with E-state index in [1.807, 2.05) is 13.0 Å². The fourth-order valence-electron chi connectivity index (χ4n) is 1.30. The molecule has 0 bridgehead atoms. The van der Waals surface area contributed by atoms with E-state index >= 15 is 0 Å². The Morgan fingerprint density at radius 3 is 2.40 bits per heavy atom. The van der Waals surface area contributed by atoms with Gasteiger partial charge in [-0.05, 0) is 30.7 Å². The van der Waals surface area contributed by atoms with Gasteiger partial charge in [-0.3, -0.25) is 0 Å². The number of allylic oxidation sites excluding steroid dienone is 2. The van der Waals surface area contributed by atoms with Crippen molar-refractivity contribution in [2.75, 3.05) is 14.2 Å². The Morgan fingerprint density at radius 2 is 1.93 bits per heavy atom. The fourth-order valence-corrected chi connectivity index (χ4v) is 1.30. The van der Waals surface area contributed by atoms with Crippen LogP contribution in [0.25, 0.3) is 5.57 Å². The van der Waals surface area contributed by atoms with Crippen molar-refractivity contribution in [2.24, 2.45) is 0 Å². The monoisotopic (exact) mass is 203 g/mol. The summed E-state index contributed by atoms with van der Waals surface area (Å²) in [6, 6.07) is 7.53. The largest absolute Gasteiger partial charge is 0.493 e. The molecule has 3 heteroatoms. The summed E-state index contributed by atoms with van der Waals surface area (Å²) in [6.07, 6.45) is 1.77. The molecule has 0 aliphatic heterocycles. The molecule has 0 radical (unpaired) electrons. The van der Waals surface area contributed by atoms with Gasteiger partial charge < -0.3 is 9.47 Å². The molecule has 1 rings (SSSR count). The Hall–Kier alpha value is -1.95. The van der Waals surface area contributed by atoms with Crippen molar-refractivity contribution in [3.63, 3.8) is 0 Å². The number of nitrogens with zero attached hydrogens (tertiary/aromatic N) is 1. The van der Waals surface area contributed by atoms with Crippen LogP contribution in [0.5, 0.6) is 11.5 Å². The second-order valence-electron chi connectivity index (χ2n) is 2.88. The minimum atomic E-state index is 0.621. The van der Waals surface area contributed by atoms with Crippen molar-refractivity contribution in [1.82, 2.24) is 0 Å². The zero-order chi connectivity index (χ0) is 11.3. The average Bonchev–Trinajstić information content (AvgIpc) is 2.30. The predicted octanol–water partition coefficient (Wildman–Crippen LogP) is 2.63. The maximum Gasteiger partial charge on any atom is 0.161 e. The SMILES string of the molecule is C/C=C(\C#N)c1ccc(OC)c(OC)c1. The molecule has 0 aromatic heterocycles. The molecule has 15 heavy (non-hydrogen) atoms. The van der Waals surface area contributed by atoms with Crippen molar-refractivity contribution in [2.45, 2.75) is 6.92 Å². The Bertz CT molecular complexity index is 416. The molecule has 0 atom stereocenters. The molecule has 0 amide bonds. The van der Waals surface area contributed by atoms with Gasteiger partial charge in [0, 0.05) is 0 Å². The van der Waals surface area contributed by atoms with E-state index in [0.29, 0.717) is 17.1 Å². The van der Waals surface area contributed by atoms with Crippen molar-refractivity contribution in [3.05, 3.63) is 29.8 Å². The van der Waals surface area contributed by atoms with Crippen LogP contribution in [0, 0.1) is 11.3 Å². The van der Waals surface area contributed by atoms with E-state index in [1.54, 1.807) is 32.4 Å². The van der Waals surface area contributed by atoms with Gasteiger partial charge in [-0.25, -0.2) is 0 Å². The molecule has 0 aliphatic carbocycles. The number of benzene rings is 1. The minimum absolute atomic E-state index is 0.621. The molecule has 0 saturated carbocycles. The van der Waals surface area contributed by atoms with Crippen LogP contribution < -0.4 is 9.47 Å². The highest BCUT2D eigenvalue weighted by Crippen LogP contribution is 2.29. The van der Waals surface area contributed by atoms with Crippen LogP contribution in [0.15, 0.2) is 24.3 Å². The molecule has 0 heterocycles. The van der Waals surface area contributed by atoms with E-state index in [2.05, 4.69) is 6.07 Å². The van der Waals surface area contributed by atoms with Crippen LogP contribution in [0.4, 0.5) is 0 Å². The van der Waals surface area contributed by atoms with Gasteiger partial charge in [-0.1, -0.05) is 6.08 Å². The smallest absolute Gasteiger partial charge is 0.161 e. The molecule has 0 fully saturated rings. The lowest BCUT2D eigenvalue weighted by atomic mass is 10.1. The number of nitriles is 1. The van der Waals surface area contributed by atoms with Gasteiger partial charge in [0.05, 0.1) is 25.9 Å². The van der Waals surface area contributed by atoms with Crippen molar-refractivity contribution in [3.8, 4) is 17.6 Å². The molecular formula is C12H13NO2. The van der Waals surface area contributed by atoms with E-state index in [4.69, 9.17) is 14.7 Å². The standard InChI is InChI=1S/C12H13NO2/c1-4-9(8-13)10-5-6-11(14-2)12(7-10)15-3/h4-7H,1-3H3/b9-4+. The number of hydrogen-bond donors (Lipinski definition) is 0. The van der Waals surface area contributed by atoms with E-state index in [0.717, 1.165) is 5.56 Å². The Kier molecular flexibility index (Phi) is 3.75. The van der Waals surface area contributed by atoms with Crippen LogP contribution >= 0.6 is 0 Å². The normalized spacial score (nSPS) is 10.7. The number of hydrogen-bond acceptors (Lipinski definition) is 3. The molecule has 0 saturated heterocycles. The summed E-state index contributed by atoms with van der Waals surface area (Å²) in [5.41, 5.74) is 1.45. The average molecular weight is 203 g/mol. The molecule has 1 aromatic rings. The maximum absolute atomic E-state index is 8.88. The van der Waals surface area contributed by atoms with Crippen LogP contribution in [0.1, 0.15) is 12.5 Å². The summed E-state index contributed by atoms with van der Waals surface area (Å²) in [4.78, 5) is 0. The first kappa shape index (κ1) is 11.1. The molecule has 0 N–H and O–H groups in total. The van der Waals surface area contributed by atoms with Crippen molar-refractivity contribution >= 4 is 5.57 Å². The van der Waals surface area contributed by atoms with Crippen LogP contribution in [-0.4, -0.2) is 14.2 Å². The molecule has 0 aliphatic rings. The highest BCUT2D eigenvalue weighted by atomic mass is 16.5. The Morgan fingerprint density at radius 1 is 1.27 bits per heavy atom. The molecule has 3 nitrogen and oxygen atoms in total. The maximum atomic E-state index is 8.88. The summed E-state index contributed by atoms with van der Waals surface area (Å²) < 4.78 is 10.3. The van der Waals surface area contributed by atoms with Gasteiger partial charge in [-0.15, -0.1) is 0 Å². The fraction of sp³-hybridized carbons (Fsp3) is 0.250. The quantitative estimate of drug-likeness (QED) is 0.709. The second kappa shape index (κ2) is 5.06. The lowest BCUT2D eigenvalue weighted by Gasteiger charge is -2.08. The van der Waals surface area contributed by atoms with Crippen LogP contribution in [-0.2, 0) is 0 Å². The number of rotatable bonds is 3. The first-order valence-corrected chi connectivity index (χ1v) is 4.55. The lowest BCUT2D eigenvalue weighted by molar-refractivity contribution is 0.355. The van der Waals surface area contributed by atoms with Crippen LogP contribution in [0.3, 0.4) is 0 Å². The highest BCUT2D eigenvalue weighted by molar-refractivity contribution is 5.77. The zero-order valence-corrected chi connectivity index (χ0v) is 9.07. The van der Waals surface area contributed by atoms with Gasteiger partial charge in [0.25, 0.3) is 0 Å². The van der Waals surface area contributed by atoms with Gasteiger partial charge in [0.15, 0.2) is 11.5 Å². The molecular weight excluding hydrogens is 190 g/mol. The third kappa shape index (κ3) is 2.29. The number of ether oxygens (including phenoxy) is 2. The summed E-state index contributed by atoms with van der Waals surface area (Å²) in [7, 11) is 3.15. The van der Waals surface area contributed by atoms with E-state index < -0.39 is 0 Å². The van der Waals surface area contributed by atoms with Gasteiger partial charge in [0.1, 0.15) is 0 Å². The topological polar surface area (TPSA) is 42.2 Å². The second-order valence-corrected chi connectivity index (χ2v) is 2.88. The summed E-state index contributed by atoms with van der Waals surface area (Å²) >= 11 is 0. The van der Waals surface area contributed by atoms with Crippen LogP contribution in [0.2, 0.25) is 0 Å². The lowest BCUT2D eigenvalue weighted by Crippen LogP contribution is -1.91. The van der Waals surface area contributed by atoms with Crippen molar-refractivity contribution in [1.29, 1.82) is 5.26 Å². The van der Waals surface area contributed by atoms with Gasteiger partial charge >= 0.3 is 0 Å². The molecule has 0 spiro atoms. The molecule has 1 aromatic carbocycles. The van der Waals surface area contributed by atoms with Gasteiger partial charge in [0.2, 0.25) is 0 Å². The van der Waals surface area contributed by atoms with E-state index in [9.17, 15) is 0 Å². The first-order valence-electron chi connectivity index (χ1n) is 4.55. The third-order valence-electron chi connectivity index (χ3n) is 2.10. The Labute approximate surface area is 89.6 Å². The van der Waals surface area contributed by atoms with Gasteiger partial charge in [-0.2, -0.15) is 5.26 Å². The molecule has 0 unspecified atom stereocenters. The van der Waals surface area contributed by atoms with E-state index in [-0.39, 0.29) is 0 Å². The zero-order valence-electron chi connectivity index (χ0n) is 9.07. The van der Waals surface area contributed by atoms with Crippen molar-refractivity contribution < 1.29 is 9.47 Å². The first-order chi connectivity index (χ1) is 7.26. The minimum Gasteiger partial charge on any atom is -0.493 e. The summed E-state index contributed by atoms with van der Waals surface area (Å²) in [6.45, 7) is 1.83.